The van der Waals surface area contributed by atoms with Gasteiger partial charge in [0.15, 0.2) is 18.2 Å². The van der Waals surface area contributed by atoms with E-state index in [4.69, 9.17) is 21.1 Å². The van der Waals surface area contributed by atoms with Crippen molar-refractivity contribution in [2.75, 3.05) is 19.4 Å². The molecule has 1 saturated heterocycles. The third-order valence-electron chi connectivity index (χ3n) is 5.09. The number of hydrogen-bond donors (Lipinski definition) is 1. The molecule has 0 unspecified atom stereocenters. The molecule has 4 rings (SSSR count). The van der Waals surface area contributed by atoms with E-state index in [0.29, 0.717) is 0 Å². The van der Waals surface area contributed by atoms with Crippen molar-refractivity contribution in [1.82, 2.24) is 14.6 Å². The molecule has 1 N–H and O–H groups in total. The number of fused-ring (bicyclic) bond motifs is 5. The summed E-state index contributed by atoms with van der Waals surface area (Å²) in [5.74, 6) is -5.86. The molecule has 2 aliphatic rings. The molecular weight excluding hydrogens is 475 g/mol. The summed E-state index contributed by atoms with van der Waals surface area (Å²) in [6.45, 7) is -1.73. The van der Waals surface area contributed by atoms with Crippen LogP contribution in [0, 0.1) is 5.82 Å². The van der Waals surface area contributed by atoms with Crippen LogP contribution >= 0.6 is 11.6 Å². The van der Waals surface area contributed by atoms with Crippen LogP contribution < -0.4 is 14.2 Å². The van der Waals surface area contributed by atoms with Gasteiger partial charge < -0.3 is 14.4 Å². The smallest absolute Gasteiger partial charge is 0.283 e. The Morgan fingerprint density at radius 1 is 1.28 bits per heavy atom. The van der Waals surface area contributed by atoms with Gasteiger partial charge in [-0.1, -0.05) is 23.7 Å². The second kappa shape index (κ2) is 8.09. The lowest BCUT2D eigenvalue weighted by Gasteiger charge is -2.28. The van der Waals surface area contributed by atoms with Crippen LogP contribution in [0.15, 0.2) is 30.3 Å². The van der Waals surface area contributed by atoms with Gasteiger partial charge in [-0.25, -0.2) is 26.3 Å². The summed E-state index contributed by atoms with van der Waals surface area (Å²) >= 11 is 6.05. The van der Waals surface area contributed by atoms with Crippen molar-refractivity contribution in [3.8, 4) is 17.5 Å². The SMILES string of the molecule is CS(=O)(=O)N[C@@H]1[C@@H]2Cc3cccc(c3F)Oc3nc(ccc3Cl)OCC(=O)N2CC1(F)F. The highest BCUT2D eigenvalue weighted by atomic mass is 35.5. The summed E-state index contributed by atoms with van der Waals surface area (Å²) in [5.41, 5.74) is -0.0595. The zero-order valence-corrected chi connectivity index (χ0v) is 18.1. The molecule has 32 heavy (non-hydrogen) atoms. The number of hydrogen-bond acceptors (Lipinski definition) is 6. The van der Waals surface area contributed by atoms with Gasteiger partial charge in [0.1, 0.15) is 11.1 Å². The summed E-state index contributed by atoms with van der Waals surface area (Å²) in [6.07, 6.45) is 0.323. The summed E-state index contributed by atoms with van der Waals surface area (Å²) < 4.78 is 80.9. The number of nitrogens with one attached hydrogen (secondary N) is 1. The molecule has 0 aliphatic carbocycles. The average molecular weight is 492 g/mol. The molecule has 1 fully saturated rings. The van der Waals surface area contributed by atoms with Crippen LogP contribution in [0.25, 0.3) is 0 Å². The summed E-state index contributed by atoms with van der Waals surface area (Å²) in [5, 5.41) is 0.0565. The van der Waals surface area contributed by atoms with E-state index in [2.05, 4.69) is 4.98 Å². The number of alkyl halides is 2. The van der Waals surface area contributed by atoms with Crippen molar-refractivity contribution < 1.29 is 35.9 Å². The largest absolute Gasteiger partial charge is 0.467 e. The quantitative estimate of drug-likeness (QED) is 0.692. The molecule has 1 aromatic carbocycles. The fourth-order valence-electron chi connectivity index (χ4n) is 3.70. The Labute approximate surface area is 186 Å². The Morgan fingerprint density at radius 2 is 2.03 bits per heavy atom. The molecule has 3 heterocycles. The first kappa shape index (κ1) is 22.6. The number of nitrogens with zero attached hydrogens (tertiary/aromatic N) is 2. The minimum atomic E-state index is -4.07. The van der Waals surface area contributed by atoms with E-state index >= 15 is 4.39 Å². The van der Waals surface area contributed by atoms with Gasteiger partial charge in [0.25, 0.3) is 11.8 Å². The Hall–Kier alpha value is -2.57. The molecular formula is C19H17ClF3N3O5S. The van der Waals surface area contributed by atoms with Crippen molar-refractivity contribution in [1.29, 1.82) is 0 Å². The van der Waals surface area contributed by atoms with Gasteiger partial charge in [0, 0.05) is 6.07 Å². The van der Waals surface area contributed by atoms with E-state index in [1.54, 1.807) is 0 Å². The van der Waals surface area contributed by atoms with Crippen LogP contribution in [0.5, 0.6) is 17.5 Å². The number of amides is 1. The number of carbonyl (C=O) groups is 1. The highest BCUT2D eigenvalue weighted by molar-refractivity contribution is 7.88. The van der Waals surface area contributed by atoms with Crippen molar-refractivity contribution in [3.63, 3.8) is 0 Å². The lowest BCUT2D eigenvalue weighted by Crippen LogP contribution is -2.52. The molecule has 1 aromatic heterocycles. The van der Waals surface area contributed by atoms with Gasteiger partial charge in [0.05, 0.1) is 18.8 Å². The van der Waals surface area contributed by atoms with Crippen LogP contribution in [0.1, 0.15) is 5.56 Å². The maximum atomic E-state index is 15.2. The first-order chi connectivity index (χ1) is 14.9. The van der Waals surface area contributed by atoms with Crippen LogP contribution in [0.4, 0.5) is 13.2 Å². The zero-order chi connectivity index (χ0) is 23.3. The van der Waals surface area contributed by atoms with Crippen LogP contribution in [0.3, 0.4) is 0 Å². The van der Waals surface area contributed by atoms with Gasteiger partial charge in [-0.3, -0.25) is 4.79 Å². The lowest BCUT2D eigenvalue weighted by molar-refractivity contribution is -0.135. The maximum Gasteiger partial charge on any atom is 0.283 e. The second-order valence-electron chi connectivity index (χ2n) is 7.48. The van der Waals surface area contributed by atoms with Crippen molar-refractivity contribution in [3.05, 3.63) is 46.7 Å². The minimum absolute atomic E-state index is 0.0565. The maximum absolute atomic E-state index is 15.2. The van der Waals surface area contributed by atoms with Crippen LogP contribution in [-0.4, -0.2) is 61.6 Å². The summed E-state index contributed by atoms with van der Waals surface area (Å²) in [7, 11) is -4.07. The van der Waals surface area contributed by atoms with E-state index in [0.717, 1.165) is 11.2 Å². The van der Waals surface area contributed by atoms with Gasteiger partial charge >= 0.3 is 0 Å². The van der Waals surface area contributed by atoms with Crippen molar-refractivity contribution in [2.45, 2.75) is 24.4 Å². The fraction of sp³-hybridized carbons (Fsp3) is 0.368. The molecule has 1 amide bonds. The second-order valence-corrected chi connectivity index (χ2v) is 9.67. The van der Waals surface area contributed by atoms with Crippen molar-refractivity contribution >= 4 is 27.5 Å². The van der Waals surface area contributed by atoms with E-state index in [1.165, 1.54) is 30.3 Å². The number of benzene rings is 1. The fourth-order valence-corrected chi connectivity index (χ4v) is 4.63. The first-order valence-corrected chi connectivity index (χ1v) is 11.6. The monoisotopic (exact) mass is 491 g/mol. The summed E-state index contributed by atoms with van der Waals surface area (Å²) in [4.78, 5) is 17.6. The van der Waals surface area contributed by atoms with Crippen molar-refractivity contribution in [2.24, 2.45) is 0 Å². The predicted octanol–water partition coefficient (Wildman–Crippen LogP) is 2.37. The molecule has 172 valence electrons. The number of carbonyl (C=O) groups excluding carboxylic acids is 1. The predicted molar refractivity (Wildman–Crippen MR) is 107 cm³/mol. The molecule has 13 heteroatoms. The third kappa shape index (κ3) is 4.48. The Bertz CT molecular complexity index is 1180. The summed E-state index contributed by atoms with van der Waals surface area (Å²) in [6, 6.07) is 3.40. The third-order valence-corrected chi connectivity index (χ3v) is 6.06. The molecule has 4 bridgehead atoms. The number of ether oxygens (including phenoxy) is 2. The van der Waals surface area contributed by atoms with E-state index in [1.807, 2.05) is 4.72 Å². The zero-order valence-electron chi connectivity index (χ0n) is 16.5. The standard InChI is InChI=1S/C19H17ClF3N3O5S/c1-32(28,29)25-17-12-7-10-3-2-4-13(16(10)21)31-18-11(20)5-6-14(24-18)30-8-15(27)26(12)9-19(17,22)23/h2-6,12,17,25H,7-9H2,1H3/t12-,17+/m0/s1. The number of halogens is 4. The Morgan fingerprint density at radius 3 is 2.75 bits per heavy atom. The lowest BCUT2D eigenvalue weighted by atomic mass is 9.98. The molecule has 8 nitrogen and oxygen atoms in total. The Balaban J connectivity index is 1.82. The number of sulfonamides is 1. The molecule has 0 radical (unpaired) electrons. The minimum Gasteiger partial charge on any atom is -0.467 e. The Kier molecular flexibility index (Phi) is 5.72. The highest BCUT2D eigenvalue weighted by Gasteiger charge is 2.57. The van der Waals surface area contributed by atoms with Gasteiger partial charge in [-0.05, 0) is 24.1 Å². The van der Waals surface area contributed by atoms with E-state index < -0.39 is 59.3 Å². The van der Waals surface area contributed by atoms with Gasteiger partial charge in [0.2, 0.25) is 21.8 Å². The van der Waals surface area contributed by atoms with Gasteiger partial charge in [-0.2, -0.15) is 4.98 Å². The molecule has 0 spiro atoms. The first-order valence-electron chi connectivity index (χ1n) is 9.34. The number of rotatable bonds is 2. The van der Waals surface area contributed by atoms with Crippen LogP contribution in [-0.2, 0) is 21.2 Å². The van der Waals surface area contributed by atoms with Crippen LogP contribution in [0.2, 0.25) is 5.02 Å². The highest BCUT2D eigenvalue weighted by Crippen LogP contribution is 2.37. The number of pyridine rings is 1. The van der Waals surface area contributed by atoms with E-state index in [-0.39, 0.29) is 28.1 Å². The molecule has 2 aliphatic heterocycles. The molecule has 0 saturated carbocycles. The normalized spacial score (nSPS) is 22.7. The molecule has 2 aromatic rings. The van der Waals surface area contributed by atoms with Gasteiger partial charge in [-0.15, -0.1) is 0 Å². The average Bonchev–Trinajstić information content (AvgIpc) is 2.94. The number of aromatic nitrogens is 1. The molecule has 2 atom stereocenters. The topological polar surface area (TPSA) is 97.8 Å². The van der Waals surface area contributed by atoms with E-state index in [9.17, 15) is 22.0 Å².